The molecule has 1 aromatic rings. The fourth-order valence-corrected chi connectivity index (χ4v) is 2.17. The Kier molecular flexibility index (Phi) is 3.60. The van der Waals surface area contributed by atoms with Gasteiger partial charge in [-0.3, -0.25) is 9.59 Å². The molecule has 1 saturated heterocycles. The number of nitrogens with zero attached hydrogens (tertiary/aromatic N) is 1. The van der Waals surface area contributed by atoms with Crippen molar-refractivity contribution in [2.75, 3.05) is 13.1 Å². The van der Waals surface area contributed by atoms with Crippen molar-refractivity contribution in [3.63, 3.8) is 0 Å². The van der Waals surface area contributed by atoms with Crippen LogP contribution in [0.4, 0.5) is 4.39 Å². The van der Waals surface area contributed by atoms with Crippen LogP contribution >= 0.6 is 0 Å². The summed E-state index contributed by atoms with van der Waals surface area (Å²) >= 11 is 0. The normalized spacial score (nSPS) is 15.5. The predicted octanol–water partition coefficient (Wildman–Crippen LogP) is 1.55. The minimum absolute atomic E-state index is 0.0504. The molecule has 4 nitrogen and oxygen atoms in total. The Morgan fingerprint density at radius 2 is 1.78 bits per heavy atom. The molecular weight excluding hydrogens is 235 g/mol. The number of nitrogens with two attached hydrogens (primary N) is 1. The second-order valence-corrected chi connectivity index (χ2v) is 4.41. The summed E-state index contributed by atoms with van der Waals surface area (Å²) in [6, 6.07) is 3.51. The Hall–Kier alpha value is -1.91. The van der Waals surface area contributed by atoms with Crippen LogP contribution in [0.25, 0.3) is 0 Å². The van der Waals surface area contributed by atoms with Crippen molar-refractivity contribution in [2.45, 2.75) is 19.3 Å². The molecule has 0 atom stereocenters. The van der Waals surface area contributed by atoms with E-state index in [9.17, 15) is 14.0 Å². The Morgan fingerprint density at radius 1 is 1.11 bits per heavy atom. The van der Waals surface area contributed by atoms with E-state index in [-0.39, 0.29) is 17.0 Å². The van der Waals surface area contributed by atoms with Gasteiger partial charge in [0.2, 0.25) is 5.91 Å². The van der Waals surface area contributed by atoms with Gasteiger partial charge < -0.3 is 10.6 Å². The van der Waals surface area contributed by atoms with E-state index in [4.69, 9.17) is 5.73 Å². The topological polar surface area (TPSA) is 63.4 Å². The molecule has 0 radical (unpaired) electrons. The van der Waals surface area contributed by atoms with E-state index >= 15 is 0 Å². The molecule has 1 aliphatic heterocycles. The molecular formula is C13H15FN2O2. The lowest BCUT2D eigenvalue weighted by Gasteiger charge is -2.27. The molecule has 1 fully saturated rings. The van der Waals surface area contributed by atoms with Gasteiger partial charge in [0, 0.05) is 13.1 Å². The molecule has 0 aromatic heterocycles. The fourth-order valence-electron chi connectivity index (χ4n) is 2.17. The highest BCUT2D eigenvalue weighted by atomic mass is 19.1. The number of hydrogen-bond donors (Lipinski definition) is 1. The van der Waals surface area contributed by atoms with E-state index < -0.39 is 11.7 Å². The molecule has 96 valence electrons. The molecule has 5 heteroatoms. The number of amides is 2. The number of likely N-dealkylation sites (tertiary alicyclic amines) is 1. The average Bonchev–Trinajstić information content (AvgIpc) is 2.39. The van der Waals surface area contributed by atoms with E-state index in [1.807, 2.05) is 0 Å². The standard InChI is InChI=1S/C13H15FN2O2/c14-9-4-5-10(11(8-9)12(15)17)13(18)16-6-2-1-3-7-16/h4-5,8H,1-3,6-7H2,(H2,15,17). The molecule has 0 bridgehead atoms. The van der Waals surface area contributed by atoms with Gasteiger partial charge >= 0.3 is 0 Å². The van der Waals surface area contributed by atoms with E-state index in [0.29, 0.717) is 13.1 Å². The van der Waals surface area contributed by atoms with Crippen LogP contribution in [0.5, 0.6) is 0 Å². The minimum Gasteiger partial charge on any atom is -0.366 e. The number of carbonyl (C=O) groups excluding carboxylic acids is 2. The zero-order chi connectivity index (χ0) is 13.1. The molecule has 0 unspecified atom stereocenters. The van der Waals surface area contributed by atoms with E-state index in [1.54, 1.807) is 4.90 Å². The maximum atomic E-state index is 13.1. The van der Waals surface area contributed by atoms with Gasteiger partial charge in [-0.2, -0.15) is 0 Å². The number of piperidine rings is 1. The lowest BCUT2D eigenvalue weighted by molar-refractivity contribution is 0.0719. The number of rotatable bonds is 2. The lowest BCUT2D eigenvalue weighted by atomic mass is 10.0. The van der Waals surface area contributed by atoms with Crippen LogP contribution in [-0.4, -0.2) is 29.8 Å². The van der Waals surface area contributed by atoms with Crippen molar-refractivity contribution in [2.24, 2.45) is 5.73 Å². The third-order valence-corrected chi connectivity index (χ3v) is 3.12. The second kappa shape index (κ2) is 5.16. The zero-order valence-corrected chi connectivity index (χ0v) is 9.99. The van der Waals surface area contributed by atoms with Gasteiger partial charge in [0.05, 0.1) is 11.1 Å². The summed E-state index contributed by atoms with van der Waals surface area (Å²) in [5.41, 5.74) is 5.31. The number of primary amides is 1. The van der Waals surface area contributed by atoms with E-state index in [2.05, 4.69) is 0 Å². The number of benzene rings is 1. The van der Waals surface area contributed by atoms with Crippen molar-refractivity contribution in [1.29, 1.82) is 0 Å². The molecule has 18 heavy (non-hydrogen) atoms. The smallest absolute Gasteiger partial charge is 0.254 e. The first-order valence-electron chi connectivity index (χ1n) is 5.98. The number of hydrogen-bond acceptors (Lipinski definition) is 2. The van der Waals surface area contributed by atoms with Gasteiger partial charge in [-0.15, -0.1) is 0 Å². The monoisotopic (exact) mass is 250 g/mol. The van der Waals surface area contributed by atoms with Crippen molar-refractivity contribution >= 4 is 11.8 Å². The molecule has 0 spiro atoms. The van der Waals surface area contributed by atoms with Crippen LogP contribution in [0.2, 0.25) is 0 Å². The van der Waals surface area contributed by atoms with Gasteiger partial charge in [0.15, 0.2) is 0 Å². The number of carbonyl (C=O) groups is 2. The molecule has 2 amide bonds. The van der Waals surface area contributed by atoms with Crippen molar-refractivity contribution in [1.82, 2.24) is 4.90 Å². The van der Waals surface area contributed by atoms with Crippen LogP contribution in [0.15, 0.2) is 18.2 Å². The average molecular weight is 250 g/mol. The second-order valence-electron chi connectivity index (χ2n) is 4.41. The highest BCUT2D eigenvalue weighted by Crippen LogP contribution is 2.17. The predicted molar refractivity (Wildman–Crippen MR) is 64.7 cm³/mol. The Labute approximate surface area is 105 Å². The van der Waals surface area contributed by atoms with Crippen LogP contribution < -0.4 is 5.73 Å². The summed E-state index contributed by atoms with van der Waals surface area (Å²) in [6.07, 6.45) is 3.02. The first-order chi connectivity index (χ1) is 8.59. The largest absolute Gasteiger partial charge is 0.366 e. The van der Waals surface area contributed by atoms with Crippen molar-refractivity contribution < 1.29 is 14.0 Å². The Balaban J connectivity index is 2.31. The minimum atomic E-state index is -0.783. The van der Waals surface area contributed by atoms with Gasteiger partial charge in [-0.1, -0.05) is 0 Å². The van der Waals surface area contributed by atoms with Gasteiger partial charge in [-0.25, -0.2) is 4.39 Å². The van der Waals surface area contributed by atoms with E-state index in [1.165, 1.54) is 12.1 Å². The Morgan fingerprint density at radius 3 is 2.39 bits per heavy atom. The summed E-state index contributed by atoms with van der Waals surface area (Å²) in [7, 11) is 0. The fraction of sp³-hybridized carbons (Fsp3) is 0.385. The molecule has 0 saturated carbocycles. The first kappa shape index (κ1) is 12.5. The van der Waals surface area contributed by atoms with Crippen LogP contribution in [0, 0.1) is 5.82 Å². The van der Waals surface area contributed by atoms with Crippen LogP contribution in [0.3, 0.4) is 0 Å². The maximum absolute atomic E-state index is 13.1. The van der Waals surface area contributed by atoms with Crippen molar-refractivity contribution in [3.8, 4) is 0 Å². The quantitative estimate of drug-likeness (QED) is 0.865. The van der Waals surface area contributed by atoms with E-state index in [0.717, 1.165) is 25.3 Å². The van der Waals surface area contributed by atoms with Gasteiger partial charge in [0.1, 0.15) is 5.82 Å². The summed E-state index contributed by atoms with van der Waals surface area (Å²) in [5, 5.41) is 0. The SMILES string of the molecule is NC(=O)c1cc(F)ccc1C(=O)N1CCCCC1. The van der Waals surface area contributed by atoms with Gasteiger partial charge in [0.25, 0.3) is 5.91 Å². The zero-order valence-electron chi connectivity index (χ0n) is 9.99. The molecule has 1 aliphatic rings. The van der Waals surface area contributed by atoms with Crippen LogP contribution in [0.1, 0.15) is 40.0 Å². The third kappa shape index (κ3) is 2.50. The summed E-state index contributed by atoms with van der Waals surface area (Å²) in [5.74, 6) is -1.60. The molecule has 2 rings (SSSR count). The third-order valence-electron chi connectivity index (χ3n) is 3.12. The highest BCUT2D eigenvalue weighted by Gasteiger charge is 2.22. The number of halogens is 1. The lowest BCUT2D eigenvalue weighted by Crippen LogP contribution is -2.36. The molecule has 2 N–H and O–H groups in total. The first-order valence-corrected chi connectivity index (χ1v) is 5.98. The maximum Gasteiger partial charge on any atom is 0.254 e. The van der Waals surface area contributed by atoms with Crippen LogP contribution in [-0.2, 0) is 0 Å². The Bertz CT molecular complexity index is 482. The summed E-state index contributed by atoms with van der Waals surface area (Å²) in [4.78, 5) is 25.2. The molecule has 0 aliphatic carbocycles. The highest BCUT2D eigenvalue weighted by molar-refractivity contribution is 6.06. The molecule has 1 heterocycles. The summed E-state index contributed by atoms with van der Waals surface area (Å²) < 4.78 is 13.1. The van der Waals surface area contributed by atoms with Gasteiger partial charge in [-0.05, 0) is 37.5 Å². The molecule has 1 aromatic carbocycles. The summed E-state index contributed by atoms with van der Waals surface area (Å²) in [6.45, 7) is 1.35. The van der Waals surface area contributed by atoms with Crippen molar-refractivity contribution in [3.05, 3.63) is 35.1 Å².